The Kier molecular flexibility index (Phi) is 2.37. The summed E-state index contributed by atoms with van der Waals surface area (Å²) in [7, 11) is 2.04. The highest BCUT2D eigenvalue weighted by atomic mass is 15.0. The third kappa shape index (κ3) is 1.49. The lowest BCUT2D eigenvalue weighted by Gasteiger charge is -1.94. The van der Waals surface area contributed by atoms with Gasteiger partial charge in [0.05, 0.1) is 5.69 Å². The maximum atomic E-state index is 5.89. The van der Waals surface area contributed by atoms with Gasteiger partial charge in [0.2, 0.25) is 0 Å². The molecular weight excluding hydrogens is 224 g/mol. The molecule has 0 aliphatic heterocycles. The second-order valence-electron chi connectivity index (χ2n) is 4.47. The summed E-state index contributed by atoms with van der Waals surface area (Å²) < 4.78 is 2.11. The molecule has 92 valence electrons. The number of rotatable bonds is 2. The van der Waals surface area contributed by atoms with E-state index in [0.29, 0.717) is 5.82 Å². The van der Waals surface area contributed by atoms with Crippen LogP contribution in [0.2, 0.25) is 0 Å². The minimum Gasteiger partial charge on any atom is -0.382 e. The molecule has 0 bridgehead atoms. The van der Waals surface area contributed by atoms with Crippen LogP contribution in [0.15, 0.2) is 30.5 Å². The number of nitrogens with zero attached hydrogens (tertiary/aromatic N) is 2. The van der Waals surface area contributed by atoms with Crippen LogP contribution in [0.3, 0.4) is 0 Å². The molecule has 2 aromatic heterocycles. The number of nitrogens with two attached hydrogens (primary N) is 1. The third-order valence-electron chi connectivity index (χ3n) is 3.32. The molecule has 0 radical (unpaired) electrons. The van der Waals surface area contributed by atoms with Crippen molar-refractivity contribution in [3.63, 3.8) is 0 Å². The molecule has 0 saturated heterocycles. The molecule has 3 aromatic rings. The van der Waals surface area contributed by atoms with Gasteiger partial charge >= 0.3 is 0 Å². The number of hydrogen-bond acceptors (Lipinski definition) is 2. The van der Waals surface area contributed by atoms with Crippen molar-refractivity contribution in [3.05, 3.63) is 36.2 Å². The fourth-order valence-electron chi connectivity index (χ4n) is 2.35. The molecule has 0 spiro atoms. The molecule has 0 aliphatic carbocycles. The van der Waals surface area contributed by atoms with Gasteiger partial charge in [0.1, 0.15) is 11.6 Å². The van der Waals surface area contributed by atoms with Crippen LogP contribution < -0.4 is 5.73 Å². The molecule has 4 nitrogen and oxygen atoms in total. The van der Waals surface area contributed by atoms with E-state index in [1.165, 1.54) is 10.9 Å². The Balaban J connectivity index is 2.25. The maximum Gasteiger partial charge on any atom is 0.145 e. The fraction of sp³-hybridized carbons (Fsp3) is 0.214. The Morgan fingerprint density at radius 3 is 2.83 bits per heavy atom. The SMILES string of the molecule is CCc1[nH]c(-c2cn(C)c3ccccc23)nc1N. The van der Waals surface area contributed by atoms with E-state index in [1.807, 2.05) is 19.2 Å². The van der Waals surface area contributed by atoms with Gasteiger partial charge in [-0.15, -0.1) is 0 Å². The standard InChI is InChI=1S/C14H16N4/c1-3-11-13(15)17-14(16-11)10-8-18(2)12-7-5-4-6-9(10)12/h4-8H,3,15H2,1-2H3,(H,16,17). The lowest BCUT2D eigenvalue weighted by molar-refractivity contribution is 0.968. The summed E-state index contributed by atoms with van der Waals surface area (Å²) in [6, 6.07) is 8.29. The summed E-state index contributed by atoms with van der Waals surface area (Å²) >= 11 is 0. The molecule has 0 unspecified atom stereocenters. The molecule has 3 N–H and O–H groups in total. The number of aromatic amines is 1. The van der Waals surface area contributed by atoms with Gasteiger partial charge in [-0.2, -0.15) is 0 Å². The van der Waals surface area contributed by atoms with Crippen molar-refractivity contribution < 1.29 is 0 Å². The Hall–Kier alpha value is -2.23. The van der Waals surface area contributed by atoms with Gasteiger partial charge in [0.25, 0.3) is 0 Å². The van der Waals surface area contributed by atoms with E-state index in [2.05, 4.69) is 39.8 Å². The first-order chi connectivity index (χ1) is 8.70. The summed E-state index contributed by atoms with van der Waals surface area (Å²) in [5.74, 6) is 1.45. The number of imidazole rings is 1. The van der Waals surface area contributed by atoms with Crippen molar-refractivity contribution in [3.8, 4) is 11.4 Å². The van der Waals surface area contributed by atoms with Crippen molar-refractivity contribution in [2.75, 3.05) is 5.73 Å². The predicted molar refractivity (Wildman–Crippen MR) is 74.3 cm³/mol. The fourth-order valence-corrected chi connectivity index (χ4v) is 2.35. The van der Waals surface area contributed by atoms with Crippen LogP contribution in [0.25, 0.3) is 22.3 Å². The maximum absolute atomic E-state index is 5.89. The van der Waals surface area contributed by atoms with Crippen molar-refractivity contribution in [1.29, 1.82) is 0 Å². The number of aryl methyl sites for hydroxylation is 2. The summed E-state index contributed by atoms with van der Waals surface area (Å²) in [6.07, 6.45) is 2.95. The van der Waals surface area contributed by atoms with Crippen molar-refractivity contribution in [2.24, 2.45) is 7.05 Å². The first-order valence-corrected chi connectivity index (χ1v) is 6.09. The van der Waals surface area contributed by atoms with E-state index in [0.717, 1.165) is 23.5 Å². The van der Waals surface area contributed by atoms with E-state index in [-0.39, 0.29) is 0 Å². The summed E-state index contributed by atoms with van der Waals surface area (Å²) in [6.45, 7) is 2.07. The summed E-state index contributed by atoms with van der Waals surface area (Å²) in [5.41, 5.74) is 9.18. The van der Waals surface area contributed by atoms with Crippen LogP contribution in [0.4, 0.5) is 5.82 Å². The molecule has 0 amide bonds. The number of nitrogen functional groups attached to an aromatic ring is 1. The van der Waals surface area contributed by atoms with Gasteiger partial charge in [-0.1, -0.05) is 25.1 Å². The van der Waals surface area contributed by atoms with Gasteiger partial charge in [-0.05, 0) is 12.5 Å². The van der Waals surface area contributed by atoms with Crippen LogP contribution in [-0.4, -0.2) is 14.5 Å². The number of benzene rings is 1. The van der Waals surface area contributed by atoms with E-state index >= 15 is 0 Å². The highest BCUT2D eigenvalue weighted by Crippen LogP contribution is 2.29. The molecule has 0 atom stereocenters. The average molecular weight is 240 g/mol. The van der Waals surface area contributed by atoms with E-state index in [4.69, 9.17) is 5.73 Å². The van der Waals surface area contributed by atoms with Crippen LogP contribution in [0.5, 0.6) is 0 Å². The number of nitrogens with one attached hydrogen (secondary N) is 1. The number of para-hydroxylation sites is 1. The molecule has 4 heteroatoms. The van der Waals surface area contributed by atoms with Gasteiger partial charge in [0.15, 0.2) is 0 Å². The quantitative estimate of drug-likeness (QED) is 0.723. The molecule has 18 heavy (non-hydrogen) atoms. The largest absolute Gasteiger partial charge is 0.382 e. The average Bonchev–Trinajstić information content (AvgIpc) is 2.91. The molecule has 3 rings (SSSR count). The predicted octanol–water partition coefficient (Wildman–Crippen LogP) is 2.71. The first-order valence-electron chi connectivity index (χ1n) is 6.09. The zero-order valence-corrected chi connectivity index (χ0v) is 10.6. The van der Waals surface area contributed by atoms with Gasteiger partial charge < -0.3 is 15.3 Å². The second-order valence-corrected chi connectivity index (χ2v) is 4.47. The highest BCUT2D eigenvalue weighted by Gasteiger charge is 2.13. The lowest BCUT2D eigenvalue weighted by Crippen LogP contribution is -1.89. The van der Waals surface area contributed by atoms with Crippen LogP contribution in [-0.2, 0) is 13.5 Å². The van der Waals surface area contributed by atoms with Crippen molar-refractivity contribution in [2.45, 2.75) is 13.3 Å². The Bertz CT molecular complexity index is 706. The molecule has 0 saturated carbocycles. The number of H-pyrrole nitrogens is 1. The minimum absolute atomic E-state index is 0.598. The van der Waals surface area contributed by atoms with E-state index < -0.39 is 0 Å². The van der Waals surface area contributed by atoms with Gasteiger partial charge in [-0.3, -0.25) is 0 Å². The molecule has 0 fully saturated rings. The molecular formula is C14H16N4. The second kappa shape index (κ2) is 3.91. The third-order valence-corrected chi connectivity index (χ3v) is 3.32. The monoisotopic (exact) mass is 240 g/mol. The lowest BCUT2D eigenvalue weighted by atomic mass is 10.2. The number of hydrogen-bond donors (Lipinski definition) is 2. The zero-order valence-electron chi connectivity index (χ0n) is 10.6. The minimum atomic E-state index is 0.598. The Morgan fingerprint density at radius 2 is 2.11 bits per heavy atom. The van der Waals surface area contributed by atoms with Crippen LogP contribution in [0, 0.1) is 0 Å². The molecule has 1 aromatic carbocycles. The number of anilines is 1. The van der Waals surface area contributed by atoms with Crippen molar-refractivity contribution >= 4 is 16.7 Å². The van der Waals surface area contributed by atoms with Gasteiger partial charge in [0, 0.05) is 29.7 Å². The highest BCUT2D eigenvalue weighted by molar-refractivity contribution is 5.94. The van der Waals surface area contributed by atoms with Crippen LogP contribution >= 0.6 is 0 Å². The number of fused-ring (bicyclic) bond motifs is 1. The zero-order chi connectivity index (χ0) is 12.7. The number of aromatic nitrogens is 3. The van der Waals surface area contributed by atoms with Crippen LogP contribution in [0.1, 0.15) is 12.6 Å². The summed E-state index contributed by atoms with van der Waals surface area (Å²) in [4.78, 5) is 7.73. The first kappa shape index (κ1) is 10.9. The van der Waals surface area contributed by atoms with Crippen molar-refractivity contribution in [1.82, 2.24) is 14.5 Å². The normalized spacial score (nSPS) is 11.2. The molecule has 0 aliphatic rings. The Morgan fingerprint density at radius 1 is 1.33 bits per heavy atom. The topological polar surface area (TPSA) is 59.6 Å². The smallest absolute Gasteiger partial charge is 0.145 e. The van der Waals surface area contributed by atoms with E-state index in [9.17, 15) is 0 Å². The molecule has 2 heterocycles. The summed E-state index contributed by atoms with van der Waals surface area (Å²) in [5, 5.41) is 1.19. The van der Waals surface area contributed by atoms with E-state index in [1.54, 1.807) is 0 Å². The Labute approximate surface area is 105 Å². The van der Waals surface area contributed by atoms with Gasteiger partial charge in [-0.25, -0.2) is 4.98 Å².